The molecule has 4 heterocycles. The lowest BCUT2D eigenvalue weighted by atomic mass is 10.0. The minimum absolute atomic E-state index is 0.146. The molecule has 232 valence electrons. The van der Waals surface area contributed by atoms with Gasteiger partial charge in [-0.2, -0.15) is 4.37 Å². The number of imide groups is 1. The van der Waals surface area contributed by atoms with E-state index in [9.17, 15) is 24.0 Å². The molecule has 2 aromatic rings. The first kappa shape index (κ1) is 31.7. The molecule has 15 heteroatoms. The number of nitrogens with zero attached hydrogens (tertiary/aromatic N) is 6. The molecule has 0 spiro atoms. The molecule has 1 unspecified atom stereocenters. The number of fused-ring (bicyclic) bond motifs is 2. The first-order chi connectivity index (χ1) is 20.7. The van der Waals surface area contributed by atoms with Crippen LogP contribution in [0.25, 0.3) is 10.1 Å². The number of anilines is 1. The van der Waals surface area contributed by atoms with Crippen molar-refractivity contribution in [1.29, 1.82) is 0 Å². The summed E-state index contributed by atoms with van der Waals surface area (Å²) in [7, 11) is 1.34. The molecule has 0 bridgehead atoms. The second-order valence-corrected chi connectivity index (χ2v) is 11.1. The summed E-state index contributed by atoms with van der Waals surface area (Å²) in [5.41, 5.74) is 0. The Morgan fingerprint density at radius 1 is 0.977 bits per heavy atom. The first-order valence-corrected chi connectivity index (χ1v) is 14.8. The molecular formula is C28H36N6O8S. The second kappa shape index (κ2) is 14.8. The normalized spacial score (nSPS) is 19.3. The molecular weight excluding hydrogens is 580 g/mol. The van der Waals surface area contributed by atoms with E-state index in [-0.39, 0.29) is 24.4 Å². The van der Waals surface area contributed by atoms with Crippen molar-refractivity contribution in [3.05, 3.63) is 36.4 Å². The van der Waals surface area contributed by atoms with E-state index in [2.05, 4.69) is 38.4 Å². The average Bonchev–Trinajstić information content (AvgIpc) is 3.44. The quantitative estimate of drug-likeness (QED) is 0.329. The topological polar surface area (TPSA) is 164 Å². The molecule has 0 aliphatic carbocycles. The van der Waals surface area contributed by atoms with Gasteiger partial charge in [0, 0.05) is 76.3 Å². The van der Waals surface area contributed by atoms with Gasteiger partial charge in [0.05, 0.1) is 17.9 Å². The summed E-state index contributed by atoms with van der Waals surface area (Å²) in [5, 5.41) is 16.9. The largest absolute Gasteiger partial charge is 0.478 e. The van der Waals surface area contributed by atoms with Crippen molar-refractivity contribution in [3.8, 4) is 0 Å². The summed E-state index contributed by atoms with van der Waals surface area (Å²) in [6, 6.07) is 7.90. The molecule has 1 aromatic heterocycles. The molecule has 2 N–H and O–H groups in total. The SMILES string of the molecule is COC(=O)N1CCN2C(=O)N(CCCCN3CCN(c4nsc5ccccc45)CC3)C(=O)CC2C1.O=C(O)/C=C/C(=O)O. The maximum Gasteiger partial charge on any atom is 0.409 e. The van der Waals surface area contributed by atoms with Crippen molar-refractivity contribution in [3.63, 3.8) is 0 Å². The summed E-state index contributed by atoms with van der Waals surface area (Å²) in [4.78, 5) is 66.0. The Hall–Kier alpha value is -4.24. The number of aromatic nitrogens is 1. The van der Waals surface area contributed by atoms with Gasteiger partial charge in [-0.3, -0.25) is 14.6 Å². The van der Waals surface area contributed by atoms with Crippen LogP contribution in [0.15, 0.2) is 36.4 Å². The molecule has 1 aromatic carbocycles. The third-order valence-electron chi connectivity index (χ3n) is 7.61. The molecule has 4 amide bonds. The molecule has 3 fully saturated rings. The van der Waals surface area contributed by atoms with Gasteiger partial charge >= 0.3 is 24.1 Å². The Morgan fingerprint density at radius 2 is 1.65 bits per heavy atom. The number of amides is 4. The van der Waals surface area contributed by atoms with Crippen molar-refractivity contribution in [2.24, 2.45) is 0 Å². The fraction of sp³-hybridized carbons (Fsp3) is 0.500. The lowest BCUT2D eigenvalue weighted by Gasteiger charge is -2.45. The van der Waals surface area contributed by atoms with Crippen LogP contribution in [-0.4, -0.2) is 136 Å². The van der Waals surface area contributed by atoms with Crippen LogP contribution in [-0.2, 0) is 19.1 Å². The summed E-state index contributed by atoms with van der Waals surface area (Å²) in [5.74, 6) is -1.56. The van der Waals surface area contributed by atoms with Crippen LogP contribution in [0.5, 0.6) is 0 Å². The highest BCUT2D eigenvalue weighted by atomic mass is 32.1. The van der Waals surface area contributed by atoms with E-state index < -0.39 is 18.0 Å². The number of ether oxygens (including phenoxy) is 1. The van der Waals surface area contributed by atoms with Gasteiger partial charge in [-0.05, 0) is 43.1 Å². The van der Waals surface area contributed by atoms with E-state index in [1.54, 1.807) is 21.3 Å². The van der Waals surface area contributed by atoms with E-state index in [0.29, 0.717) is 38.3 Å². The third-order valence-corrected chi connectivity index (χ3v) is 8.43. The van der Waals surface area contributed by atoms with E-state index in [4.69, 9.17) is 14.9 Å². The van der Waals surface area contributed by atoms with Gasteiger partial charge in [-0.25, -0.2) is 19.2 Å². The van der Waals surface area contributed by atoms with Gasteiger partial charge in [0.25, 0.3) is 0 Å². The van der Waals surface area contributed by atoms with Gasteiger partial charge < -0.3 is 29.6 Å². The maximum absolute atomic E-state index is 12.9. The molecule has 0 saturated carbocycles. The number of carboxylic acids is 2. The van der Waals surface area contributed by atoms with E-state index in [1.165, 1.54) is 22.1 Å². The number of hydrogen-bond acceptors (Lipinski definition) is 10. The lowest BCUT2D eigenvalue weighted by Crippen LogP contribution is -2.64. The standard InChI is InChI=1S/C24H32N6O4S.C4H4O4/c1-34-24(33)28-14-15-29-18(17-28)16-21(31)30(23(29)32)9-5-4-8-26-10-12-27(13-11-26)22-19-6-2-3-7-20(19)35-25-22;5-3(6)1-2-4(7)8/h2-3,6-7,18H,4-5,8-17H2,1H3;1-2H,(H,5,6)(H,7,8)/b;2-1+. The van der Waals surface area contributed by atoms with Crippen molar-refractivity contribution >= 4 is 57.4 Å². The number of aliphatic carboxylic acids is 2. The average molecular weight is 617 g/mol. The minimum atomic E-state index is -1.26. The van der Waals surface area contributed by atoms with E-state index in [1.807, 2.05) is 0 Å². The predicted octanol–water partition coefficient (Wildman–Crippen LogP) is 2.02. The number of unbranched alkanes of at least 4 members (excludes halogenated alkanes) is 1. The van der Waals surface area contributed by atoms with Crippen LogP contribution in [0.2, 0.25) is 0 Å². The maximum atomic E-state index is 12.9. The van der Waals surface area contributed by atoms with Crippen molar-refractivity contribution < 1.29 is 38.9 Å². The van der Waals surface area contributed by atoms with Crippen LogP contribution >= 0.6 is 11.5 Å². The zero-order valence-corrected chi connectivity index (χ0v) is 24.8. The zero-order chi connectivity index (χ0) is 30.9. The van der Waals surface area contributed by atoms with Crippen LogP contribution in [0.4, 0.5) is 15.4 Å². The molecule has 14 nitrogen and oxygen atoms in total. The predicted molar refractivity (Wildman–Crippen MR) is 158 cm³/mol. The van der Waals surface area contributed by atoms with Crippen molar-refractivity contribution in [2.45, 2.75) is 25.3 Å². The fourth-order valence-corrected chi connectivity index (χ4v) is 6.20. The third kappa shape index (κ3) is 8.20. The van der Waals surface area contributed by atoms with Gasteiger partial charge in [0.1, 0.15) is 5.82 Å². The fourth-order valence-electron chi connectivity index (χ4n) is 5.40. The summed E-state index contributed by atoms with van der Waals surface area (Å²) < 4.78 is 10.7. The molecule has 43 heavy (non-hydrogen) atoms. The molecule has 5 rings (SSSR count). The molecule has 1 atom stereocenters. The van der Waals surface area contributed by atoms with Gasteiger partial charge in [-0.15, -0.1) is 0 Å². The Kier molecular flexibility index (Phi) is 10.9. The van der Waals surface area contributed by atoms with Crippen LogP contribution in [0.1, 0.15) is 19.3 Å². The summed E-state index contributed by atoms with van der Waals surface area (Å²) >= 11 is 1.56. The van der Waals surface area contributed by atoms with E-state index in [0.717, 1.165) is 51.4 Å². The van der Waals surface area contributed by atoms with Gasteiger partial charge in [0.2, 0.25) is 5.91 Å². The molecule has 3 aliphatic rings. The van der Waals surface area contributed by atoms with Crippen LogP contribution in [0.3, 0.4) is 0 Å². The zero-order valence-electron chi connectivity index (χ0n) is 24.0. The number of carbonyl (C=O) groups excluding carboxylic acids is 3. The highest BCUT2D eigenvalue weighted by Crippen LogP contribution is 2.30. The first-order valence-electron chi connectivity index (χ1n) is 14.1. The van der Waals surface area contributed by atoms with Crippen LogP contribution < -0.4 is 4.90 Å². The number of benzene rings is 1. The van der Waals surface area contributed by atoms with Crippen molar-refractivity contribution in [2.75, 3.05) is 70.9 Å². The number of methoxy groups -OCH3 is 1. The molecule has 3 saturated heterocycles. The lowest BCUT2D eigenvalue weighted by molar-refractivity contribution is -0.134. The molecule has 3 aliphatic heterocycles. The summed E-state index contributed by atoms with van der Waals surface area (Å²) in [6.07, 6.45) is 2.70. The highest BCUT2D eigenvalue weighted by Gasteiger charge is 2.42. The van der Waals surface area contributed by atoms with Gasteiger partial charge in [0.15, 0.2) is 0 Å². The van der Waals surface area contributed by atoms with E-state index >= 15 is 0 Å². The minimum Gasteiger partial charge on any atom is -0.478 e. The Morgan fingerprint density at radius 3 is 2.33 bits per heavy atom. The summed E-state index contributed by atoms with van der Waals surface area (Å²) in [6.45, 7) is 6.50. The van der Waals surface area contributed by atoms with Crippen LogP contribution in [0, 0.1) is 0 Å². The highest BCUT2D eigenvalue weighted by molar-refractivity contribution is 7.13. The Balaban J connectivity index is 0.000000467. The monoisotopic (exact) mass is 616 g/mol. The number of carbonyl (C=O) groups is 5. The van der Waals surface area contributed by atoms with Gasteiger partial charge in [-0.1, -0.05) is 12.1 Å². The van der Waals surface area contributed by atoms with Crippen molar-refractivity contribution in [1.82, 2.24) is 24.0 Å². The number of rotatable bonds is 8. The number of hydrogen-bond donors (Lipinski definition) is 2. The smallest absolute Gasteiger partial charge is 0.409 e. The second-order valence-electron chi connectivity index (χ2n) is 10.3. The Labute approximate surface area is 252 Å². The number of carboxylic acid groups (broad SMARTS) is 2. The molecule has 0 radical (unpaired) electrons. The number of piperazine rings is 2. The number of urea groups is 1. The Bertz CT molecular complexity index is 1340.